The molecule has 1 N–H and O–H groups in total. The zero-order chi connectivity index (χ0) is 30.3. The lowest BCUT2D eigenvalue weighted by Crippen LogP contribution is -2.52. The Bertz CT molecular complexity index is 1480. The number of carbonyl (C=O) groups excluding carboxylic acids is 3. The van der Waals surface area contributed by atoms with Gasteiger partial charge in [0.1, 0.15) is 17.6 Å². The Hall–Kier alpha value is -4.62. The number of pyridine rings is 1. The molecule has 0 aliphatic carbocycles. The van der Waals surface area contributed by atoms with Crippen LogP contribution in [0.1, 0.15) is 61.6 Å². The molecule has 0 unspecified atom stereocenters. The molecule has 3 aromatic rings. The SMILES string of the molecule is COc1ccc(C(=O)C2CCN(C(=O)c3ccc(C(=O)N[C@H]4CCN(Cc5ccc(C#N)cc5)C[C@@H]4F)cn3)CC2)cc1. The van der Waals surface area contributed by atoms with E-state index in [1.807, 2.05) is 17.0 Å². The third kappa shape index (κ3) is 7.24. The molecule has 2 amide bonds. The van der Waals surface area contributed by atoms with Crippen LogP contribution in [0.2, 0.25) is 0 Å². The fraction of sp³-hybridized carbons (Fsp3) is 0.364. The van der Waals surface area contributed by atoms with Crippen molar-refractivity contribution in [3.63, 3.8) is 0 Å². The molecular weight excluding hydrogens is 549 g/mol. The third-order valence-electron chi connectivity index (χ3n) is 8.20. The number of nitrogens with zero attached hydrogens (tertiary/aromatic N) is 4. The summed E-state index contributed by atoms with van der Waals surface area (Å²) in [5.41, 5.74) is 2.69. The number of carbonyl (C=O) groups is 3. The van der Waals surface area contributed by atoms with Gasteiger partial charge in [0.2, 0.25) is 0 Å². The smallest absolute Gasteiger partial charge is 0.272 e. The summed E-state index contributed by atoms with van der Waals surface area (Å²) in [5.74, 6) is -0.0788. The number of methoxy groups -OCH3 is 1. The quantitative estimate of drug-likeness (QED) is 0.398. The van der Waals surface area contributed by atoms with Crippen LogP contribution in [0.5, 0.6) is 5.75 Å². The molecule has 1 aromatic heterocycles. The summed E-state index contributed by atoms with van der Waals surface area (Å²) < 4.78 is 20.1. The van der Waals surface area contributed by atoms with Crippen molar-refractivity contribution in [2.45, 2.75) is 38.0 Å². The largest absolute Gasteiger partial charge is 0.497 e. The first-order valence-corrected chi connectivity index (χ1v) is 14.4. The molecule has 0 bridgehead atoms. The summed E-state index contributed by atoms with van der Waals surface area (Å²) in [7, 11) is 1.58. The van der Waals surface area contributed by atoms with Gasteiger partial charge in [-0.25, -0.2) is 4.39 Å². The summed E-state index contributed by atoms with van der Waals surface area (Å²) >= 11 is 0. The number of ether oxygens (including phenoxy) is 1. The minimum Gasteiger partial charge on any atom is -0.497 e. The number of likely N-dealkylation sites (tertiary alicyclic amines) is 2. The molecule has 2 aliphatic heterocycles. The van der Waals surface area contributed by atoms with Crippen molar-refractivity contribution in [2.24, 2.45) is 5.92 Å². The van der Waals surface area contributed by atoms with Gasteiger partial charge >= 0.3 is 0 Å². The van der Waals surface area contributed by atoms with Gasteiger partial charge in [-0.1, -0.05) is 12.1 Å². The maximum Gasteiger partial charge on any atom is 0.272 e. The lowest BCUT2D eigenvalue weighted by atomic mass is 9.88. The highest BCUT2D eigenvalue weighted by atomic mass is 19.1. The van der Waals surface area contributed by atoms with E-state index >= 15 is 0 Å². The molecule has 2 atom stereocenters. The monoisotopic (exact) mass is 583 g/mol. The van der Waals surface area contributed by atoms with Gasteiger partial charge in [0.05, 0.1) is 30.3 Å². The number of piperidine rings is 2. The number of amides is 2. The molecule has 2 aliphatic rings. The number of rotatable bonds is 8. The van der Waals surface area contributed by atoms with Gasteiger partial charge in [-0.2, -0.15) is 5.26 Å². The van der Waals surface area contributed by atoms with E-state index in [0.717, 1.165) is 5.56 Å². The van der Waals surface area contributed by atoms with Gasteiger partial charge in [0.25, 0.3) is 11.8 Å². The number of halogens is 1. The average Bonchev–Trinajstić information content (AvgIpc) is 3.06. The maximum atomic E-state index is 15.0. The number of Topliss-reactive ketones (excluding diaryl/α,β-unsaturated/α-hetero) is 1. The Kier molecular flexibility index (Phi) is 9.42. The summed E-state index contributed by atoms with van der Waals surface area (Å²) in [6, 6.07) is 18.8. The second kappa shape index (κ2) is 13.6. The number of hydrogen-bond donors (Lipinski definition) is 1. The number of hydrogen-bond acceptors (Lipinski definition) is 7. The summed E-state index contributed by atoms with van der Waals surface area (Å²) in [6.45, 7) is 2.27. The number of benzene rings is 2. The molecular formula is C33H34FN5O4. The summed E-state index contributed by atoms with van der Waals surface area (Å²) in [5, 5.41) is 11.7. The molecule has 2 aromatic carbocycles. The van der Waals surface area contributed by atoms with Crippen molar-refractivity contribution in [2.75, 3.05) is 33.3 Å². The van der Waals surface area contributed by atoms with Crippen molar-refractivity contribution in [1.82, 2.24) is 20.1 Å². The lowest BCUT2D eigenvalue weighted by molar-refractivity contribution is 0.0645. The zero-order valence-corrected chi connectivity index (χ0v) is 24.0. The number of nitriles is 1. The minimum absolute atomic E-state index is 0.0655. The molecule has 10 heteroatoms. The van der Waals surface area contributed by atoms with Crippen LogP contribution < -0.4 is 10.1 Å². The maximum absolute atomic E-state index is 15.0. The first kappa shape index (κ1) is 29.9. The molecule has 43 heavy (non-hydrogen) atoms. The van der Waals surface area contributed by atoms with E-state index in [-0.39, 0.29) is 35.4 Å². The first-order valence-electron chi connectivity index (χ1n) is 14.4. The van der Waals surface area contributed by atoms with Crippen LogP contribution in [0, 0.1) is 17.2 Å². The van der Waals surface area contributed by atoms with Crippen LogP contribution in [-0.2, 0) is 6.54 Å². The highest BCUT2D eigenvalue weighted by Gasteiger charge is 2.31. The fourth-order valence-electron chi connectivity index (χ4n) is 5.62. The standard InChI is InChI=1S/C33H34FN5O4/c1-43-27-9-6-24(7-10-27)31(40)25-12-16-39(17-13-25)33(42)30-11-8-26(19-36-30)32(41)37-29-14-15-38(21-28(29)34)20-23-4-2-22(18-35)3-5-23/h2-11,19,25,28-29H,12-17,20-21H2,1H3,(H,37,41)/t28-,29-/m0/s1. The van der Waals surface area contributed by atoms with Crippen LogP contribution >= 0.6 is 0 Å². The van der Waals surface area contributed by atoms with Gasteiger partial charge in [-0.15, -0.1) is 0 Å². The predicted molar refractivity (Wildman–Crippen MR) is 157 cm³/mol. The average molecular weight is 584 g/mol. The number of ketones is 1. The van der Waals surface area contributed by atoms with Crippen molar-refractivity contribution >= 4 is 17.6 Å². The van der Waals surface area contributed by atoms with E-state index < -0.39 is 18.1 Å². The highest BCUT2D eigenvalue weighted by molar-refractivity contribution is 5.99. The van der Waals surface area contributed by atoms with E-state index in [0.29, 0.717) is 62.3 Å². The Labute approximate surface area is 250 Å². The Morgan fingerprint density at radius 1 is 0.977 bits per heavy atom. The molecule has 0 spiro atoms. The van der Waals surface area contributed by atoms with Crippen molar-refractivity contribution in [3.8, 4) is 11.8 Å². The lowest BCUT2D eigenvalue weighted by Gasteiger charge is -2.35. The normalized spacial score (nSPS) is 19.3. The van der Waals surface area contributed by atoms with E-state index in [9.17, 15) is 18.8 Å². The van der Waals surface area contributed by atoms with E-state index in [4.69, 9.17) is 10.00 Å². The Morgan fingerprint density at radius 3 is 2.28 bits per heavy atom. The van der Waals surface area contributed by atoms with Crippen LogP contribution in [0.4, 0.5) is 4.39 Å². The van der Waals surface area contributed by atoms with Gasteiger partial charge in [0.15, 0.2) is 5.78 Å². The number of nitrogens with one attached hydrogen (secondary N) is 1. The summed E-state index contributed by atoms with van der Waals surface area (Å²) in [4.78, 5) is 46.7. The topological polar surface area (TPSA) is 116 Å². The number of alkyl halides is 1. The first-order chi connectivity index (χ1) is 20.8. The van der Waals surface area contributed by atoms with Crippen LogP contribution in [0.3, 0.4) is 0 Å². The molecule has 0 radical (unpaired) electrons. The van der Waals surface area contributed by atoms with Crippen molar-refractivity contribution in [1.29, 1.82) is 5.26 Å². The van der Waals surface area contributed by atoms with Gasteiger partial charge in [0, 0.05) is 50.4 Å². The molecule has 2 fully saturated rings. The van der Waals surface area contributed by atoms with Gasteiger partial charge in [-0.05, 0) is 73.4 Å². The fourth-order valence-corrected chi connectivity index (χ4v) is 5.62. The second-order valence-electron chi connectivity index (χ2n) is 11.0. The van der Waals surface area contributed by atoms with Crippen LogP contribution in [-0.4, -0.2) is 77.9 Å². The van der Waals surface area contributed by atoms with Crippen LogP contribution in [0.25, 0.3) is 0 Å². The number of aromatic nitrogens is 1. The van der Waals surface area contributed by atoms with Gasteiger partial charge < -0.3 is 15.0 Å². The predicted octanol–water partition coefficient (Wildman–Crippen LogP) is 4.04. The van der Waals surface area contributed by atoms with E-state index in [1.165, 1.54) is 18.3 Å². The highest BCUT2D eigenvalue weighted by Crippen LogP contribution is 2.24. The molecule has 2 saturated heterocycles. The Balaban J connectivity index is 1.09. The molecule has 9 nitrogen and oxygen atoms in total. The van der Waals surface area contributed by atoms with Crippen molar-refractivity contribution < 1.29 is 23.5 Å². The minimum atomic E-state index is -1.23. The van der Waals surface area contributed by atoms with E-state index in [1.54, 1.807) is 48.4 Å². The van der Waals surface area contributed by atoms with Crippen molar-refractivity contribution in [3.05, 3.63) is 94.8 Å². The second-order valence-corrected chi connectivity index (χ2v) is 11.0. The van der Waals surface area contributed by atoms with Crippen LogP contribution in [0.15, 0.2) is 66.9 Å². The van der Waals surface area contributed by atoms with E-state index in [2.05, 4.69) is 16.4 Å². The molecule has 0 saturated carbocycles. The summed E-state index contributed by atoms with van der Waals surface area (Å²) in [6.07, 6.45) is 1.70. The third-order valence-corrected chi connectivity index (χ3v) is 8.20. The zero-order valence-electron chi connectivity index (χ0n) is 24.0. The van der Waals surface area contributed by atoms with Gasteiger partial charge in [-0.3, -0.25) is 24.3 Å². The Morgan fingerprint density at radius 2 is 1.67 bits per heavy atom. The molecule has 5 rings (SSSR count). The molecule has 3 heterocycles. The molecule has 222 valence electrons.